The lowest BCUT2D eigenvalue weighted by atomic mass is 9.80. The quantitative estimate of drug-likeness (QED) is 0.788. The smallest absolute Gasteiger partial charge is 0.407 e. The summed E-state index contributed by atoms with van der Waals surface area (Å²) in [7, 11) is -3.54. The van der Waals surface area contributed by atoms with Crippen LogP contribution in [0, 0.1) is 5.41 Å². The third-order valence-corrected chi connectivity index (χ3v) is 3.85. The van der Waals surface area contributed by atoms with Crippen LogP contribution in [0.2, 0.25) is 0 Å². The molecule has 0 saturated carbocycles. The molecular weight excluding hydrogens is 282 g/mol. The van der Waals surface area contributed by atoms with Gasteiger partial charge in [-0.25, -0.2) is 4.79 Å². The normalized spacial score (nSPS) is 16.4. The van der Waals surface area contributed by atoms with Crippen LogP contribution < -0.4 is 5.32 Å². The number of hydrogen-bond donors (Lipinski definition) is 1. The molecule has 6 nitrogen and oxygen atoms in total. The van der Waals surface area contributed by atoms with Crippen LogP contribution in [0.4, 0.5) is 4.79 Å². The van der Waals surface area contributed by atoms with Gasteiger partial charge >= 0.3 is 6.09 Å². The Morgan fingerprint density at radius 2 is 1.55 bits per heavy atom. The summed E-state index contributed by atoms with van der Waals surface area (Å²) in [6.07, 6.45) is -0.113. The number of carbonyl (C=O) groups is 1. The van der Waals surface area contributed by atoms with Gasteiger partial charge in [0.2, 0.25) is 0 Å². The minimum Gasteiger partial charge on any atom is -0.444 e. The van der Waals surface area contributed by atoms with Crippen molar-refractivity contribution < 1.29 is 22.1 Å². The van der Waals surface area contributed by atoms with Gasteiger partial charge in [-0.2, -0.15) is 8.42 Å². The van der Waals surface area contributed by atoms with Crippen molar-refractivity contribution in [3.8, 4) is 0 Å². The van der Waals surface area contributed by atoms with E-state index in [2.05, 4.69) is 5.32 Å². The number of nitrogens with one attached hydrogen (secondary N) is 1. The van der Waals surface area contributed by atoms with E-state index in [-0.39, 0.29) is 6.04 Å². The van der Waals surface area contributed by atoms with Crippen LogP contribution in [-0.2, 0) is 19.0 Å². The summed E-state index contributed by atoms with van der Waals surface area (Å²) in [5.74, 6) is 0. The Hall–Kier alpha value is -0.820. The van der Waals surface area contributed by atoms with Gasteiger partial charge in [0, 0.05) is 11.5 Å². The Morgan fingerprint density at radius 1 is 1.10 bits per heavy atom. The largest absolute Gasteiger partial charge is 0.444 e. The van der Waals surface area contributed by atoms with E-state index in [0.717, 1.165) is 6.26 Å². The van der Waals surface area contributed by atoms with Crippen LogP contribution in [-0.4, -0.2) is 38.5 Å². The van der Waals surface area contributed by atoms with Gasteiger partial charge in [-0.3, -0.25) is 4.18 Å². The van der Waals surface area contributed by atoms with Crippen LogP contribution in [0.5, 0.6) is 0 Å². The van der Waals surface area contributed by atoms with Gasteiger partial charge in [0.05, 0.1) is 12.4 Å². The summed E-state index contributed by atoms with van der Waals surface area (Å²) in [4.78, 5) is 11.7. The summed E-state index contributed by atoms with van der Waals surface area (Å²) in [5.41, 5.74) is -1.16. The molecule has 120 valence electrons. The number of alkyl carbamates (subject to hydrolysis) is 1. The number of hydrogen-bond acceptors (Lipinski definition) is 5. The van der Waals surface area contributed by atoms with Gasteiger partial charge < -0.3 is 10.1 Å². The molecule has 0 aromatic carbocycles. The van der Waals surface area contributed by atoms with Crippen molar-refractivity contribution in [2.45, 2.75) is 66.2 Å². The molecule has 0 radical (unpaired) electrons. The van der Waals surface area contributed by atoms with Gasteiger partial charge in [0.15, 0.2) is 0 Å². The zero-order valence-electron chi connectivity index (χ0n) is 13.6. The van der Waals surface area contributed by atoms with Crippen molar-refractivity contribution in [1.29, 1.82) is 0 Å². The van der Waals surface area contributed by atoms with Gasteiger partial charge in [0.1, 0.15) is 5.60 Å². The summed E-state index contributed by atoms with van der Waals surface area (Å²) >= 11 is 0. The first kappa shape index (κ1) is 19.2. The standard InChI is InChI=1S/C13H27NO5S/c1-9(14-11(15)18-12(3,4)5)13(6,7)10(2)19-20(8,16)17/h9-10H,1-8H3,(H,14,15). The van der Waals surface area contributed by atoms with E-state index < -0.39 is 33.3 Å². The molecule has 0 aliphatic rings. The molecule has 0 aliphatic carbocycles. The molecule has 20 heavy (non-hydrogen) atoms. The van der Waals surface area contributed by atoms with Crippen molar-refractivity contribution in [1.82, 2.24) is 5.32 Å². The minimum absolute atomic E-state index is 0.325. The van der Waals surface area contributed by atoms with Crippen molar-refractivity contribution in [2.24, 2.45) is 5.41 Å². The highest BCUT2D eigenvalue weighted by Gasteiger charge is 2.36. The Kier molecular flexibility index (Phi) is 6.04. The molecule has 0 aromatic heterocycles. The fourth-order valence-corrected chi connectivity index (χ4v) is 2.18. The average Bonchev–Trinajstić information content (AvgIpc) is 2.10. The van der Waals surface area contributed by atoms with Crippen molar-refractivity contribution in [3.63, 3.8) is 0 Å². The van der Waals surface area contributed by atoms with Crippen molar-refractivity contribution in [2.75, 3.05) is 6.26 Å². The van der Waals surface area contributed by atoms with Crippen molar-refractivity contribution >= 4 is 16.2 Å². The van der Waals surface area contributed by atoms with Gasteiger partial charge in [-0.1, -0.05) is 13.8 Å². The maximum absolute atomic E-state index is 11.7. The average molecular weight is 309 g/mol. The topological polar surface area (TPSA) is 81.7 Å². The van der Waals surface area contributed by atoms with Crippen LogP contribution in [0.1, 0.15) is 48.5 Å². The van der Waals surface area contributed by atoms with Crippen molar-refractivity contribution in [3.05, 3.63) is 0 Å². The summed E-state index contributed by atoms with van der Waals surface area (Å²) < 4.78 is 32.5. The first-order valence-corrected chi connectivity index (χ1v) is 8.34. The maximum atomic E-state index is 11.7. The fraction of sp³-hybridized carbons (Fsp3) is 0.923. The summed E-state index contributed by atoms with van der Waals surface area (Å²) in [5, 5.41) is 2.71. The number of ether oxygens (including phenoxy) is 1. The van der Waals surface area contributed by atoms with E-state index in [4.69, 9.17) is 8.92 Å². The molecule has 0 aromatic rings. The molecule has 2 unspecified atom stereocenters. The minimum atomic E-state index is -3.54. The second-order valence-electron chi connectivity index (χ2n) is 6.63. The Labute approximate surface area is 122 Å². The predicted molar refractivity (Wildman–Crippen MR) is 78.0 cm³/mol. The van der Waals surface area contributed by atoms with Crippen LogP contribution in [0.3, 0.4) is 0 Å². The zero-order valence-corrected chi connectivity index (χ0v) is 14.4. The SMILES string of the molecule is CC(NC(=O)OC(C)(C)C)C(C)(C)C(C)OS(C)(=O)=O. The highest BCUT2D eigenvalue weighted by molar-refractivity contribution is 7.86. The first-order valence-electron chi connectivity index (χ1n) is 6.53. The molecule has 0 saturated heterocycles. The van der Waals surface area contributed by atoms with Gasteiger partial charge in [-0.05, 0) is 34.6 Å². The van der Waals surface area contributed by atoms with Gasteiger partial charge in [0.25, 0.3) is 10.1 Å². The van der Waals surface area contributed by atoms with E-state index >= 15 is 0 Å². The molecule has 0 rings (SSSR count). The molecule has 0 fully saturated rings. The number of rotatable bonds is 5. The number of amides is 1. The Bertz CT molecular complexity index is 436. The molecule has 2 atom stereocenters. The van der Waals surface area contributed by atoms with E-state index in [0.29, 0.717) is 0 Å². The first-order chi connectivity index (χ1) is 8.65. The highest BCUT2D eigenvalue weighted by atomic mass is 32.2. The lowest BCUT2D eigenvalue weighted by Gasteiger charge is -2.37. The molecule has 1 N–H and O–H groups in total. The predicted octanol–water partition coefficient (Wildman–Crippen LogP) is 2.29. The fourth-order valence-electron chi connectivity index (χ4n) is 1.41. The second-order valence-corrected chi connectivity index (χ2v) is 8.23. The molecule has 0 heterocycles. The summed E-state index contributed by atoms with van der Waals surface area (Å²) in [6.45, 7) is 12.4. The molecule has 0 bridgehead atoms. The lowest BCUT2D eigenvalue weighted by molar-refractivity contribution is 0.0334. The van der Waals surface area contributed by atoms with Crippen LogP contribution >= 0.6 is 0 Å². The summed E-state index contributed by atoms with van der Waals surface area (Å²) in [6, 6.07) is -0.325. The zero-order chi connectivity index (χ0) is 16.4. The third-order valence-electron chi connectivity index (χ3n) is 3.22. The van der Waals surface area contributed by atoms with Gasteiger partial charge in [-0.15, -0.1) is 0 Å². The monoisotopic (exact) mass is 309 g/mol. The second kappa shape index (κ2) is 6.30. The molecule has 7 heteroatoms. The van der Waals surface area contributed by atoms with E-state index in [1.165, 1.54) is 0 Å². The lowest BCUT2D eigenvalue weighted by Crippen LogP contribution is -2.50. The Morgan fingerprint density at radius 3 is 1.90 bits per heavy atom. The molecule has 0 aliphatic heterocycles. The molecular formula is C13H27NO5S. The third kappa shape index (κ3) is 7.09. The molecule has 0 spiro atoms. The van der Waals surface area contributed by atoms with E-state index in [1.54, 1.807) is 34.6 Å². The maximum Gasteiger partial charge on any atom is 0.407 e. The number of carbonyl (C=O) groups excluding carboxylic acids is 1. The van der Waals surface area contributed by atoms with E-state index in [1.807, 2.05) is 13.8 Å². The highest BCUT2D eigenvalue weighted by Crippen LogP contribution is 2.28. The van der Waals surface area contributed by atoms with Crippen LogP contribution in [0.15, 0.2) is 0 Å². The van der Waals surface area contributed by atoms with E-state index in [9.17, 15) is 13.2 Å². The Balaban J connectivity index is 4.74. The molecule has 1 amide bonds. The van der Waals surface area contributed by atoms with Crippen LogP contribution in [0.25, 0.3) is 0 Å².